The first-order valence-electron chi connectivity index (χ1n) is 8.55. The van der Waals surface area contributed by atoms with Gasteiger partial charge in [-0.3, -0.25) is 10.1 Å². The third-order valence-corrected chi connectivity index (χ3v) is 4.88. The number of urea groups is 1. The SMILES string of the molecule is Cc1cn(-c2ccc(Cl)cc2)nc1NC(=O)NC1CCC(C(=O)O)CC1. The molecule has 1 heterocycles. The van der Waals surface area contributed by atoms with Crippen molar-refractivity contribution in [2.75, 3.05) is 5.32 Å². The summed E-state index contributed by atoms with van der Waals surface area (Å²) in [5.74, 6) is -0.568. The number of aryl methyl sites for hydroxylation is 1. The Morgan fingerprint density at radius 3 is 2.46 bits per heavy atom. The first-order chi connectivity index (χ1) is 12.4. The van der Waals surface area contributed by atoms with E-state index >= 15 is 0 Å². The van der Waals surface area contributed by atoms with Crippen LogP contribution in [0.1, 0.15) is 31.2 Å². The van der Waals surface area contributed by atoms with Crippen LogP contribution in [0.3, 0.4) is 0 Å². The Labute approximate surface area is 156 Å². The molecule has 1 aliphatic carbocycles. The van der Waals surface area contributed by atoms with Crippen molar-refractivity contribution in [2.24, 2.45) is 5.92 Å². The summed E-state index contributed by atoms with van der Waals surface area (Å²) in [5.41, 5.74) is 1.68. The number of benzene rings is 1. The summed E-state index contributed by atoms with van der Waals surface area (Å²) in [5, 5.41) is 19.7. The maximum atomic E-state index is 12.2. The van der Waals surface area contributed by atoms with E-state index in [0.717, 1.165) is 11.3 Å². The second kappa shape index (κ2) is 7.78. The van der Waals surface area contributed by atoms with E-state index in [0.29, 0.717) is 36.5 Å². The number of carboxylic acid groups (broad SMARTS) is 1. The Hall–Kier alpha value is -2.54. The highest BCUT2D eigenvalue weighted by Gasteiger charge is 2.26. The van der Waals surface area contributed by atoms with E-state index in [9.17, 15) is 9.59 Å². The third-order valence-electron chi connectivity index (χ3n) is 4.63. The zero-order chi connectivity index (χ0) is 18.7. The second-order valence-electron chi connectivity index (χ2n) is 6.57. The van der Waals surface area contributed by atoms with Crippen molar-refractivity contribution in [1.29, 1.82) is 0 Å². The molecule has 0 radical (unpaired) electrons. The quantitative estimate of drug-likeness (QED) is 0.759. The highest BCUT2D eigenvalue weighted by Crippen LogP contribution is 2.24. The van der Waals surface area contributed by atoms with Crippen LogP contribution in [0.2, 0.25) is 5.02 Å². The summed E-state index contributed by atoms with van der Waals surface area (Å²) in [7, 11) is 0. The fraction of sp³-hybridized carbons (Fsp3) is 0.389. The molecule has 3 rings (SSSR count). The average Bonchev–Trinajstić information content (AvgIpc) is 2.96. The zero-order valence-corrected chi connectivity index (χ0v) is 15.2. The topological polar surface area (TPSA) is 96.3 Å². The molecule has 2 aromatic rings. The minimum Gasteiger partial charge on any atom is -0.481 e. The summed E-state index contributed by atoms with van der Waals surface area (Å²) in [6.07, 6.45) is 4.34. The predicted molar refractivity (Wildman–Crippen MR) is 98.8 cm³/mol. The van der Waals surface area contributed by atoms with Gasteiger partial charge in [-0.15, -0.1) is 5.10 Å². The standard InChI is InChI=1S/C18H21ClN4O3/c1-11-10-23(15-8-4-13(19)5-9-15)22-16(11)21-18(26)20-14-6-2-12(3-7-14)17(24)25/h4-5,8-10,12,14H,2-3,6-7H2,1H3,(H,24,25)(H2,20,21,22,26). The van der Waals surface area contributed by atoms with Gasteiger partial charge >= 0.3 is 12.0 Å². The Morgan fingerprint density at radius 1 is 1.19 bits per heavy atom. The van der Waals surface area contributed by atoms with Gasteiger partial charge in [-0.2, -0.15) is 0 Å². The van der Waals surface area contributed by atoms with Crippen LogP contribution in [-0.2, 0) is 4.79 Å². The van der Waals surface area contributed by atoms with E-state index < -0.39 is 5.97 Å². The lowest BCUT2D eigenvalue weighted by Crippen LogP contribution is -2.41. The van der Waals surface area contributed by atoms with Crippen LogP contribution in [0, 0.1) is 12.8 Å². The summed E-state index contributed by atoms with van der Waals surface area (Å²) in [6.45, 7) is 1.87. The highest BCUT2D eigenvalue weighted by atomic mass is 35.5. The van der Waals surface area contributed by atoms with Gasteiger partial charge in [0.1, 0.15) is 0 Å². The molecule has 8 heteroatoms. The number of hydrogen-bond acceptors (Lipinski definition) is 3. The van der Waals surface area contributed by atoms with E-state index in [1.165, 1.54) is 0 Å². The van der Waals surface area contributed by atoms with Gasteiger partial charge in [0.25, 0.3) is 0 Å². The van der Waals surface area contributed by atoms with Crippen molar-refractivity contribution in [2.45, 2.75) is 38.6 Å². The first-order valence-corrected chi connectivity index (χ1v) is 8.92. The van der Waals surface area contributed by atoms with Gasteiger partial charge in [-0.05, 0) is 56.9 Å². The van der Waals surface area contributed by atoms with Crippen LogP contribution < -0.4 is 10.6 Å². The van der Waals surface area contributed by atoms with Crippen LogP contribution in [-0.4, -0.2) is 32.9 Å². The van der Waals surface area contributed by atoms with Gasteiger partial charge in [0, 0.05) is 22.8 Å². The van der Waals surface area contributed by atoms with Crippen molar-refractivity contribution in [1.82, 2.24) is 15.1 Å². The van der Waals surface area contributed by atoms with E-state index in [1.54, 1.807) is 16.8 Å². The molecule has 7 nitrogen and oxygen atoms in total. The number of nitrogens with one attached hydrogen (secondary N) is 2. The maximum absolute atomic E-state index is 12.2. The van der Waals surface area contributed by atoms with Crippen molar-refractivity contribution in [3.8, 4) is 5.69 Å². The number of amides is 2. The molecule has 3 N–H and O–H groups in total. The van der Waals surface area contributed by atoms with Crippen molar-refractivity contribution in [3.05, 3.63) is 41.0 Å². The normalized spacial score (nSPS) is 19.8. The lowest BCUT2D eigenvalue weighted by Gasteiger charge is -2.26. The molecule has 1 saturated carbocycles. The minimum absolute atomic E-state index is 0.00995. The Kier molecular flexibility index (Phi) is 5.46. The summed E-state index contributed by atoms with van der Waals surface area (Å²) >= 11 is 5.90. The van der Waals surface area contributed by atoms with Gasteiger partial charge in [-0.25, -0.2) is 9.48 Å². The number of rotatable bonds is 4. The maximum Gasteiger partial charge on any atom is 0.320 e. The van der Waals surface area contributed by atoms with Crippen LogP contribution in [0.5, 0.6) is 0 Å². The molecule has 0 aliphatic heterocycles. The second-order valence-corrected chi connectivity index (χ2v) is 7.00. The Bertz CT molecular complexity index is 795. The molecule has 1 aromatic carbocycles. The van der Waals surface area contributed by atoms with Crippen LogP contribution in [0.15, 0.2) is 30.5 Å². The van der Waals surface area contributed by atoms with Crippen molar-refractivity contribution < 1.29 is 14.7 Å². The number of aliphatic carboxylic acids is 1. The third kappa shape index (κ3) is 4.35. The van der Waals surface area contributed by atoms with Crippen LogP contribution >= 0.6 is 11.6 Å². The number of carbonyl (C=O) groups is 2. The summed E-state index contributed by atoms with van der Waals surface area (Å²) < 4.78 is 1.68. The Morgan fingerprint density at radius 2 is 1.85 bits per heavy atom. The molecule has 2 amide bonds. The monoisotopic (exact) mass is 376 g/mol. The predicted octanol–water partition coefficient (Wildman–Crippen LogP) is 3.60. The molecule has 1 fully saturated rings. The molecule has 1 aliphatic rings. The van der Waals surface area contributed by atoms with E-state index in [1.807, 2.05) is 25.3 Å². The van der Waals surface area contributed by atoms with Crippen molar-refractivity contribution >= 4 is 29.4 Å². The molecule has 0 unspecified atom stereocenters. The van der Waals surface area contributed by atoms with Crippen LogP contribution in [0.4, 0.5) is 10.6 Å². The van der Waals surface area contributed by atoms with E-state index in [2.05, 4.69) is 15.7 Å². The number of nitrogens with zero attached hydrogens (tertiary/aromatic N) is 2. The molecule has 138 valence electrons. The highest BCUT2D eigenvalue weighted by molar-refractivity contribution is 6.30. The lowest BCUT2D eigenvalue weighted by molar-refractivity contribution is -0.142. The number of carboxylic acids is 1. The molecule has 0 bridgehead atoms. The number of anilines is 1. The smallest absolute Gasteiger partial charge is 0.320 e. The first kappa shape index (κ1) is 18.3. The number of halogens is 1. The van der Waals surface area contributed by atoms with Gasteiger partial charge in [0.15, 0.2) is 5.82 Å². The molecule has 1 aromatic heterocycles. The number of hydrogen-bond donors (Lipinski definition) is 3. The molecule has 26 heavy (non-hydrogen) atoms. The fourth-order valence-corrected chi connectivity index (χ4v) is 3.25. The molecule has 0 atom stereocenters. The number of aromatic nitrogens is 2. The molecule has 0 saturated heterocycles. The van der Waals surface area contributed by atoms with E-state index in [-0.39, 0.29) is 18.0 Å². The number of carbonyl (C=O) groups excluding carboxylic acids is 1. The minimum atomic E-state index is -0.753. The average molecular weight is 377 g/mol. The summed E-state index contributed by atoms with van der Waals surface area (Å²) in [6, 6.07) is 6.92. The van der Waals surface area contributed by atoms with Crippen LogP contribution in [0.25, 0.3) is 5.69 Å². The lowest BCUT2D eigenvalue weighted by atomic mass is 9.86. The zero-order valence-electron chi connectivity index (χ0n) is 14.4. The fourth-order valence-electron chi connectivity index (χ4n) is 3.12. The summed E-state index contributed by atoms with van der Waals surface area (Å²) in [4.78, 5) is 23.2. The molecular formula is C18H21ClN4O3. The molecular weight excluding hydrogens is 356 g/mol. The van der Waals surface area contributed by atoms with Crippen molar-refractivity contribution in [3.63, 3.8) is 0 Å². The van der Waals surface area contributed by atoms with Gasteiger partial charge in [0.2, 0.25) is 0 Å². The Balaban J connectivity index is 1.58. The largest absolute Gasteiger partial charge is 0.481 e. The molecule has 0 spiro atoms. The van der Waals surface area contributed by atoms with E-state index in [4.69, 9.17) is 16.7 Å². The van der Waals surface area contributed by atoms with Gasteiger partial charge < -0.3 is 10.4 Å². The van der Waals surface area contributed by atoms with Gasteiger partial charge in [-0.1, -0.05) is 11.6 Å². The van der Waals surface area contributed by atoms with Gasteiger partial charge in [0.05, 0.1) is 11.6 Å².